The maximum Gasteiger partial charge on any atom is 0.193 e. The second-order valence-corrected chi connectivity index (χ2v) is 4.90. The van der Waals surface area contributed by atoms with Crippen molar-refractivity contribution in [2.45, 2.75) is 12.8 Å². The van der Waals surface area contributed by atoms with Crippen LogP contribution >= 0.6 is 0 Å². The Morgan fingerprint density at radius 3 is 2.82 bits per heavy atom. The fourth-order valence-electron chi connectivity index (χ4n) is 2.21. The molecule has 0 saturated carbocycles. The lowest BCUT2D eigenvalue weighted by Crippen LogP contribution is -2.23. The van der Waals surface area contributed by atoms with Crippen LogP contribution in [-0.2, 0) is 4.74 Å². The maximum absolute atomic E-state index is 5.91. The summed E-state index contributed by atoms with van der Waals surface area (Å²) in [4.78, 5) is 4.34. The van der Waals surface area contributed by atoms with E-state index in [1.165, 1.54) is 5.57 Å². The maximum atomic E-state index is 5.91. The van der Waals surface area contributed by atoms with Crippen molar-refractivity contribution in [1.82, 2.24) is 0 Å². The molecule has 0 unspecified atom stereocenters. The van der Waals surface area contributed by atoms with E-state index in [1.54, 1.807) is 14.2 Å². The molecule has 2 rings (SSSR count). The van der Waals surface area contributed by atoms with Crippen molar-refractivity contribution in [3.63, 3.8) is 0 Å². The molecule has 0 fully saturated rings. The molecule has 0 saturated heterocycles. The number of nitrogens with two attached hydrogens (primary N) is 1. The third-order valence-corrected chi connectivity index (χ3v) is 3.43. The summed E-state index contributed by atoms with van der Waals surface area (Å²) < 4.78 is 15.7. The fraction of sp³-hybridized carbons (Fsp3) is 0.438. The van der Waals surface area contributed by atoms with Crippen LogP contribution in [0.4, 0.5) is 5.69 Å². The van der Waals surface area contributed by atoms with E-state index in [0.717, 1.165) is 25.1 Å². The summed E-state index contributed by atoms with van der Waals surface area (Å²) in [7, 11) is 3.20. The Kier molecular flexibility index (Phi) is 6.09. The van der Waals surface area contributed by atoms with Gasteiger partial charge in [-0.1, -0.05) is 11.6 Å². The van der Waals surface area contributed by atoms with Crippen LogP contribution in [0.3, 0.4) is 0 Å². The molecule has 1 aromatic rings. The second-order valence-electron chi connectivity index (χ2n) is 4.90. The van der Waals surface area contributed by atoms with Gasteiger partial charge in [-0.25, -0.2) is 0 Å². The van der Waals surface area contributed by atoms with E-state index in [-0.39, 0.29) is 0 Å². The van der Waals surface area contributed by atoms with Crippen LogP contribution in [0.1, 0.15) is 12.8 Å². The second kappa shape index (κ2) is 8.29. The number of nitrogens with one attached hydrogen (secondary N) is 1. The van der Waals surface area contributed by atoms with E-state index in [9.17, 15) is 0 Å². The first-order chi connectivity index (χ1) is 10.7. The first-order valence-corrected chi connectivity index (χ1v) is 7.27. The number of nitrogens with zero attached hydrogens (tertiary/aromatic N) is 1. The van der Waals surface area contributed by atoms with Crippen molar-refractivity contribution in [1.29, 1.82) is 0 Å². The Morgan fingerprint density at radius 2 is 2.14 bits per heavy atom. The number of rotatable bonds is 6. The zero-order valence-electron chi connectivity index (χ0n) is 13.1. The summed E-state index contributed by atoms with van der Waals surface area (Å²) in [6.45, 7) is 2.17. The van der Waals surface area contributed by atoms with Crippen molar-refractivity contribution >= 4 is 11.6 Å². The number of hydrogen-bond donors (Lipinski definition) is 2. The van der Waals surface area contributed by atoms with Gasteiger partial charge in [-0.2, -0.15) is 0 Å². The Labute approximate surface area is 131 Å². The number of hydrogen-bond acceptors (Lipinski definition) is 4. The average molecular weight is 305 g/mol. The molecule has 0 bridgehead atoms. The van der Waals surface area contributed by atoms with Gasteiger partial charge in [0.05, 0.1) is 27.4 Å². The van der Waals surface area contributed by atoms with Gasteiger partial charge < -0.3 is 25.3 Å². The highest BCUT2D eigenvalue weighted by Crippen LogP contribution is 2.29. The van der Waals surface area contributed by atoms with Crippen LogP contribution in [0.5, 0.6) is 11.5 Å². The fourth-order valence-corrected chi connectivity index (χ4v) is 2.21. The van der Waals surface area contributed by atoms with Gasteiger partial charge in [0.25, 0.3) is 0 Å². The number of anilines is 1. The van der Waals surface area contributed by atoms with Gasteiger partial charge in [0.1, 0.15) is 0 Å². The van der Waals surface area contributed by atoms with Gasteiger partial charge in [-0.05, 0) is 25.0 Å². The molecule has 0 amide bonds. The van der Waals surface area contributed by atoms with Crippen molar-refractivity contribution in [2.24, 2.45) is 10.7 Å². The van der Waals surface area contributed by atoms with Gasteiger partial charge in [0.2, 0.25) is 0 Å². The normalized spacial score (nSPS) is 15.2. The number of ether oxygens (including phenoxy) is 3. The number of methoxy groups -OCH3 is 2. The van der Waals surface area contributed by atoms with Crippen LogP contribution in [0.25, 0.3) is 0 Å². The molecule has 0 spiro atoms. The molecular weight excluding hydrogens is 282 g/mol. The van der Waals surface area contributed by atoms with Gasteiger partial charge in [0.15, 0.2) is 17.5 Å². The molecule has 22 heavy (non-hydrogen) atoms. The van der Waals surface area contributed by atoms with Crippen LogP contribution < -0.4 is 20.5 Å². The van der Waals surface area contributed by atoms with Gasteiger partial charge in [0, 0.05) is 18.3 Å². The predicted octanol–water partition coefficient (Wildman–Crippen LogP) is 2.17. The number of guanidine groups is 1. The summed E-state index contributed by atoms with van der Waals surface area (Å²) in [5.41, 5.74) is 8.10. The summed E-state index contributed by atoms with van der Waals surface area (Å²) in [6, 6.07) is 5.51. The van der Waals surface area contributed by atoms with E-state index in [2.05, 4.69) is 16.4 Å². The molecule has 120 valence electrons. The van der Waals surface area contributed by atoms with E-state index < -0.39 is 0 Å². The summed E-state index contributed by atoms with van der Waals surface area (Å²) in [5, 5.41) is 3.05. The Morgan fingerprint density at radius 1 is 1.32 bits per heavy atom. The van der Waals surface area contributed by atoms with Crippen LogP contribution in [0, 0.1) is 0 Å². The SMILES string of the molecule is COc1ccc(NC(N)=NCCC2=CCOCC2)cc1OC. The van der Waals surface area contributed by atoms with Crippen molar-refractivity contribution in [3.05, 3.63) is 29.8 Å². The highest BCUT2D eigenvalue weighted by molar-refractivity contribution is 5.92. The van der Waals surface area contributed by atoms with Crippen molar-refractivity contribution in [2.75, 3.05) is 39.3 Å². The lowest BCUT2D eigenvalue weighted by Gasteiger charge is -2.13. The molecule has 1 aromatic carbocycles. The molecule has 3 N–H and O–H groups in total. The minimum atomic E-state index is 0.389. The molecule has 1 aliphatic rings. The first-order valence-electron chi connectivity index (χ1n) is 7.27. The third-order valence-electron chi connectivity index (χ3n) is 3.43. The smallest absolute Gasteiger partial charge is 0.193 e. The molecule has 0 aliphatic carbocycles. The van der Waals surface area contributed by atoms with Gasteiger partial charge in [-0.3, -0.25) is 4.99 Å². The van der Waals surface area contributed by atoms with Gasteiger partial charge in [-0.15, -0.1) is 0 Å². The average Bonchev–Trinajstić information content (AvgIpc) is 2.55. The van der Waals surface area contributed by atoms with Crippen molar-refractivity contribution < 1.29 is 14.2 Å². The Bertz CT molecular complexity index is 556. The highest BCUT2D eigenvalue weighted by atomic mass is 16.5. The van der Waals surface area contributed by atoms with E-state index >= 15 is 0 Å². The Balaban J connectivity index is 1.89. The molecule has 6 heteroatoms. The van der Waals surface area contributed by atoms with Crippen LogP contribution in [0.15, 0.2) is 34.8 Å². The van der Waals surface area contributed by atoms with E-state index in [4.69, 9.17) is 19.9 Å². The van der Waals surface area contributed by atoms with E-state index in [0.29, 0.717) is 30.6 Å². The molecule has 0 atom stereocenters. The minimum Gasteiger partial charge on any atom is -0.493 e. The predicted molar refractivity (Wildman–Crippen MR) is 87.8 cm³/mol. The third kappa shape index (κ3) is 4.66. The Hall–Kier alpha value is -2.21. The molecule has 0 radical (unpaired) electrons. The number of benzene rings is 1. The summed E-state index contributed by atoms with van der Waals surface area (Å²) in [6.07, 6.45) is 4.02. The molecule has 1 aliphatic heterocycles. The largest absolute Gasteiger partial charge is 0.493 e. The minimum absolute atomic E-state index is 0.389. The number of aliphatic imine (C=N–C) groups is 1. The van der Waals surface area contributed by atoms with Gasteiger partial charge >= 0.3 is 0 Å². The quantitative estimate of drug-likeness (QED) is 0.478. The summed E-state index contributed by atoms with van der Waals surface area (Å²) >= 11 is 0. The molecule has 0 aromatic heterocycles. The zero-order valence-corrected chi connectivity index (χ0v) is 13.1. The lowest BCUT2D eigenvalue weighted by atomic mass is 10.1. The van der Waals surface area contributed by atoms with Crippen LogP contribution in [-0.4, -0.2) is 39.9 Å². The van der Waals surface area contributed by atoms with E-state index in [1.807, 2.05) is 18.2 Å². The lowest BCUT2D eigenvalue weighted by molar-refractivity contribution is 0.153. The standard InChI is InChI=1S/C16H23N3O3/c1-20-14-4-3-13(11-15(14)21-2)19-16(17)18-8-5-12-6-9-22-10-7-12/h3-4,6,11H,5,7-10H2,1-2H3,(H3,17,18,19). The highest BCUT2D eigenvalue weighted by Gasteiger charge is 2.06. The van der Waals surface area contributed by atoms with Crippen LogP contribution in [0.2, 0.25) is 0 Å². The first kappa shape index (κ1) is 16.2. The topological polar surface area (TPSA) is 78.1 Å². The molecule has 1 heterocycles. The molecular formula is C16H23N3O3. The zero-order chi connectivity index (χ0) is 15.8. The monoisotopic (exact) mass is 305 g/mol. The van der Waals surface area contributed by atoms with Crippen molar-refractivity contribution in [3.8, 4) is 11.5 Å². The molecule has 6 nitrogen and oxygen atoms in total. The summed E-state index contributed by atoms with van der Waals surface area (Å²) in [5.74, 6) is 1.71.